The van der Waals surface area contributed by atoms with E-state index in [2.05, 4.69) is 5.32 Å². The molecule has 1 aliphatic carbocycles. The number of halogens is 1. The van der Waals surface area contributed by atoms with E-state index in [0.717, 1.165) is 35.6 Å². The van der Waals surface area contributed by atoms with Crippen LogP contribution < -0.4 is 5.32 Å². The number of carbonyl (C=O) groups excluding carboxylic acids is 3. The van der Waals surface area contributed by atoms with Gasteiger partial charge in [-0.25, -0.2) is 12.7 Å². The van der Waals surface area contributed by atoms with Crippen LogP contribution in [0.15, 0.2) is 53.4 Å². The quantitative estimate of drug-likeness (QED) is 0.510. The summed E-state index contributed by atoms with van der Waals surface area (Å²) in [6, 6.07) is 12.6. The molecule has 0 bridgehead atoms. The number of nitrogens with one attached hydrogen (secondary N) is 1. The zero-order valence-electron chi connectivity index (χ0n) is 20.9. The Morgan fingerprint density at radius 3 is 2.54 bits per heavy atom. The third-order valence-corrected chi connectivity index (χ3v) is 9.10. The van der Waals surface area contributed by atoms with Crippen LogP contribution in [0, 0.1) is 0 Å². The van der Waals surface area contributed by atoms with Gasteiger partial charge in [-0.15, -0.1) is 0 Å². The smallest absolute Gasteiger partial charge is 0.269 e. The molecule has 198 valence electrons. The standard InChI is InChI=1S/C27H32ClN3O5S/c1-19(26(33)29-22-11-3-2-4-12-22)30(18-20-9-7-10-21(28)17-20)25(32)15-8-16-31-27(34)23-13-5-6-14-24(23)37(31,35)36/h5-7,9-10,13-14,17,19,22H,2-4,8,11-12,15-16,18H2,1H3,(H,29,33)/t19-/m0/s1. The Balaban J connectivity index is 1.43. The van der Waals surface area contributed by atoms with Gasteiger partial charge in [-0.2, -0.15) is 0 Å². The highest BCUT2D eigenvalue weighted by molar-refractivity contribution is 7.90. The summed E-state index contributed by atoms with van der Waals surface area (Å²) < 4.78 is 26.4. The van der Waals surface area contributed by atoms with Crippen LogP contribution >= 0.6 is 11.6 Å². The Morgan fingerprint density at radius 1 is 1.11 bits per heavy atom. The molecule has 1 N–H and O–H groups in total. The van der Waals surface area contributed by atoms with Crippen LogP contribution in [-0.2, 0) is 26.2 Å². The highest BCUT2D eigenvalue weighted by Crippen LogP contribution is 2.30. The van der Waals surface area contributed by atoms with Crippen molar-refractivity contribution in [2.24, 2.45) is 0 Å². The largest absolute Gasteiger partial charge is 0.352 e. The van der Waals surface area contributed by atoms with Crippen LogP contribution in [0.4, 0.5) is 0 Å². The number of nitrogens with zero attached hydrogens (tertiary/aromatic N) is 2. The average molecular weight is 546 g/mol. The lowest BCUT2D eigenvalue weighted by atomic mass is 9.95. The van der Waals surface area contributed by atoms with Gasteiger partial charge in [-0.05, 0) is 56.0 Å². The summed E-state index contributed by atoms with van der Waals surface area (Å²) in [7, 11) is -3.93. The van der Waals surface area contributed by atoms with Crippen LogP contribution in [0.2, 0.25) is 5.02 Å². The van der Waals surface area contributed by atoms with Gasteiger partial charge >= 0.3 is 0 Å². The first-order chi connectivity index (χ1) is 17.7. The normalized spacial score (nSPS) is 17.8. The van der Waals surface area contributed by atoms with Gasteiger partial charge in [0.1, 0.15) is 10.9 Å². The second kappa shape index (κ2) is 11.6. The number of hydrogen-bond acceptors (Lipinski definition) is 5. The Bertz CT molecular complexity index is 1280. The van der Waals surface area contributed by atoms with Crippen molar-refractivity contribution >= 4 is 39.3 Å². The van der Waals surface area contributed by atoms with Crippen molar-refractivity contribution in [3.05, 3.63) is 64.7 Å². The van der Waals surface area contributed by atoms with Crippen molar-refractivity contribution in [2.75, 3.05) is 6.54 Å². The van der Waals surface area contributed by atoms with Gasteiger partial charge in [-0.3, -0.25) is 14.4 Å². The molecule has 1 heterocycles. The molecule has 2 aromatic rings. The van der Waals surface area contributed by atoms with E-state index >= 15 is 0 Å². The first kappa shape index (κ1) is 27.1. The highest BCUT2D eigenvalue weighted by Gasteiger charge is 2.40. The highest BCUT2D eigenvalue weighted by atomic mass is 35.5. The monoisotopic (exact) mass is 545 g/mol. The fourth-order valence-electron chi connectivity index (χ4n) is 4.95. The van der Waals surface area contributed by atoms with E-state index in [1.165, 1.54) is 23.5 Å². The molecule has 10 heteroatoms. The fourth-order valence-corrected chi connectivity index (χ4v) is 6.77. The van der Waals surface area contributed by atoms with Gasteiger partial charge in [-0.1, -0.05) is 55.1 Å². The summed E-state index contributed by atoms with van der Waals surface area (Å²) in [4.78, 5) is 40.6. The van der Waals surface area contributed by atoms with E-state index < -0.39 is 22.0 Å². The van der Waals surface area contributed by atoms with E-state index in [4.69, 9.17) is 11.6 Å². The lowest BCUT2D eigenvalue weighted by Crippen LogP contribution is -2.50. The zero-order valence-corrected chi connectivity index (χ0v) is 22.4. The minimum Gasteiger partial charge on any atom is -0.352 e. The molecule has 1 atom stereocenters. The van der Waals surface area contributed by atoms with Crippen molar-refractivity contribution in [2.45, 2.75) is 75.4 Å². The van der Waals surface area contributed by atoms with Gasteiger partial charge in [0.05, 0.1) is 5.56 Å². The molecule has 4 rings (SSSR count). The average Bonchev–Trinajstić information content (AvgIpc) is 3.08. The Labute approximate surface area is 223 Å². The van der Waals surface area contributed by atoms with Crippen LogP contribution in [0.1, 0.15) is 67.8 Å². The molecule has 37 heavy (non-hydrogen) atoms. The van der Waals surface area contributed by atoms with E-state index in [-0.39, 0.29) is 54.2 Å². The number of amides is 3. The molecule has 2 aromatic carbocycles. The van der Waals surface area contributed by atoms with Crippen molar-refractivity contribution in [1.82, 2.24) is 14.5 Å². The maximum atomic E-state index is 13.4. The Morgan fingerprint density at radius 2 is 1.84 bits per heavy atom. The molecular formula is C27H32ClN3O5S. The van der Waals surface area contributed by atoms with E-state index in [1.807, 2.05) is 6.07 Å². The van der Waals surface area contributed by atoms with Crippen molar-refractivity contribution in [1.29, 1.82) is 0 Å². The van der Waals surface area contributed by atoms with Crippen molar-refractivity contribution in [3.8, 4) is 0 Å². The SMILES string of the molecule is C[C@@H](C(=O)NC1CCCCC1)N(Cc1cccc(Cl)c1)C(=O)CCCN1C(=O)c2ccccc2S1(=O)=O. The molecular weight excluding hydrogens is 514 g/mol. The predicted octanol–water partition coefficient (Wildman–Crippen LogP) is 4.13. The summed E-state index contributed by atoms with van der Waals surface area (Å²) in [5.74, 6) is -1.10. The number of benzene rings is 2. The number of fused-ring (bicyclic) bond motifs is 1. The number of carbonyl (C=O) groups is 3. The second-order valence-electron chi connectivity index (χ2n) is 9.65. The van der Waals surface area contributed by atoms with Crippen LogP contribution in [-0.4, -0.2) is 54.0 Å². The fraction of sp³-hybridized carbons (Fsp3) is 0.444. The lowest BCUT2D eigenvalue weighted by molar-refractivity contribution is -0.141. The number of sulfonamides is 1. The van der Waals surface area contributed by atoms with E-state index in [9.17, 15) is 22.8 Å². The molecule has 0 aromatic heterocycles. The number of hydrogen-bond donors (Lipinski definition) is 1. The molecule has 0 saturated heterocycles. The Hall–Kier alpha value is -2.91. The molecule has 0 spiro atoms. The molecule has 0 radical (unpaired) electrons. The second-order valence-corrected chi connectivity index (χ2v) is 11.9. The summed E-state index contributed by atoms with van der Waals surface area (Å²) in [6.45, 7) is 1.77. The van der Waals surface area contributed by atoms with Gasteiger partial charge < -0.3 is 10.2 Å². The summed E-state index contributed by atoms with van der Waals surface area (Å²) in [5.41, 5.74) is 0.926. The summed E-state index contributed by atoms with van der Waals surface area (Å²) in [6.07, 6.45) is 5.31. The summed E-state index contributed by atoms with van der Waals surface area (Å²) >= 11 is 6.14. The number of rotatable bonds is 9. The third kappa shape index (κ3) is 6.15. The van der Waals surface area contributed by atoms with Gasteiger partial charge in [0.25, 0.3) is 15.9 Å². The first-order valence-corrected chi connectivity index (χ1v) is 14.5. The minimum absolute atomic E-state index is 0.0121. The molecule has 1 saturated carbocycles. The van der Waals surface area contributed by atoms with Crippen molar-refractivity contribution < 1.29 is 22.8 Å². The van der Waals surface area contributed by atoms with Crippen LogP contribution in [0.3, 0.4) is 0 Å². The predicted molar refractivity (Wildman–Crippen MR) is 140 cm³/mol. The molecule has 8 nitrogen and oxygen atoms in total. The van der Waals surface area contributed by atoms with E-state index in [1.54, 1.807) is 37.3 Å². The molecule has 1 aliphatic heterocycles. The molecule has 1 fully saturated rings. The van der Waals surface area contributed by atoms with Gasteiger partial charge in [0.2, 0.25) is 11.8 Å². The van der Waals surface area contributed by atoms with Crippen molar-refractivity contribution in [3.63, 3.8) is 0 Å². The Kier molecular flexibility index (Phi) is 8.54. The first-order valence-electron chi connectivity index (χ1n) is 12.7. The summed E-state index contributed by atoms with van der Waals surface area (Å²) in [5, 5.41) is 3.62. The molecule has 2 aliphatic rings. The third-order valence-electron chi connectivity index (χ3n) is 7.02. The molecule has 0 unspecified atom stereocenters. The molecule has 3 amide bonds. The van der Waals surface area contributed by atoms with Gasteiger partial charge in [0, 0.05) is 30.6 Å². The van der Waals surface area contributed by atoms with Crippen LogP contribution in [0.5, 0.6) is 0 Å². The topological polar surface area (TPSA) is 104 Å². The maximum Gasteiger partial charge on any atom is 0.269 e. The van der Waals surface area contributed by atoms with Crippen LogP contribution in [0.25, 0.3) is 0 Å². The van der Waals surface area contributed by atoms with E-state index in [0.29, 0.717) is 5.02 Å². The maximum absolute atomic E-state index is 13.4. The van der Waals surface area contributed by atoms with Gasteiger partial charge in [0.15, 0.2) is 0 Å². The minimum atomic E-state index is -3.93. The lowest BCUT2D eigenvalue weighted by Gasteiger charge is -2.31. The zero-order chi connectivity index (χ0) is 26.6.